The van der Waals surface area contributed by atoms with Gasteiger partial charge >= 0.3 is 0 Å². The van der Waals surface area contributed by atoms with Gasteiger partial charge in [-0.2, -0.15) is 0 Å². The number of aliphatic hydroxyl groups is 2. The van der Waals surface area contributed by atoms with Crippen molar-refractivity contribution in [1.29, 1.82) is 0 Å². The predicted molar refractivity (Wildman–Crippen MR) is 45.4 cm³/mol. The fraction of sp³-hybridized carbons (Fsp3) is 1.00. The Bertz CT molecular complexity index is 113. The van der Waals surface area contributed by atoms with Crippen LogP contribution in [0.3, 0.4) is 0 Å². The molecule has 0 rings (SSSR count). The van der Waals surface area contributed by atoms with Crippen LogP contribution in [0, 0.1) is 0 Å². The molecular weight excluding hydrogens is 142 g/mol. The Morgan fingerprint density at radius 2 is 1.82 bits per heavy atom. The summed E-state index contributed by atoms with van der Waals surface area (Å²) < 4.78 is 0. The Labute approximate surface area is 68.4 Å². The molecule has 0 spiro atoms. The molecule has 0 aliphatic rings. The lowest BCUT2D eigenvalue weighted by Gasteiger charge is -2.30. The SMILES string of the molecule is CNC(C)(C)[C@@H](O)C[C@H](C)O. The summed E-state index contributed by atoms with van der Waals surface area (Å²) in [5.74, 6) is 0. The first-order valence-corrected chi connectivity index (χ1v) is 3.95. The molecule has 0 fully saturated rings. The summed E-state index contributed by atoms with van der Waals surface area (Å²) in [6, 6.07) is 0. The molecule has 3 nitrogen and oxygen atoms in total. The normalized spacial score (nSPS) is 18.0. The largest absolute Gasteiger partial charge is 0.393 e. The molecule has 0 saturated heterocycles. The molecule has 0 aliphatic carbocycles. The van der Waals surface area contributed by atoms with Crippen LogP contribution in [0.1, 0.15) is 27.2 Å². The summed E-state index contributed by atoms with van der Waals surface area (Å²) in [7, 11) is 1.80. The average Bonchev–Trinajstić information content (AvgIpc) is 1.86. The lowest BCUT2D eigenvalue weighted by molar-refractivity contribution is 0.0361. The van der Waals surface area contributed by atoms with Crippen LogP contribution in [-0.2, 0) is 0 Å². The molecule has 68 valence electrons. The van der Waals surface area contributed by atoms with Gasteiger partial charge in [-0.3, -0.25) is 0 Å². The summed E-state index contributed by atoms with van der Waals surface area (Å²) in [6.45, 7) is 5.48. The quantitative estimate of drug-likeness (QED) is 0.549. The van der Waals surface area contributed by atoms with E-state index >= 15 is 0 Å². The summed E-state index contributed by atoms with van der Waals surface area (Å²) in [5, 5.41) is 21.5. The van der Waals surface area contributed by atoms with E-state index in [0.717, 1.165) is 0 Å². The molecular formula is C8H19NO2. The zero-order chi connectivity index (χ0) is 9.07. The molecule has 0 aliphatic heterocycles. The smallest absolute Gasteiger partial charge is 0.0740 e. The van der Waals surface area contributed by atoms with Gasteiger partial charge in [0.25, 0.3) is 0 Å². The van der Waals surface area contributed by atoms with Crippen molar-refractivity contribution in [3.05, 3.63) is 0 Å². The molecule has 0 radical (unpaired) electrons. The second-order valence-corrected chi connectivity index (χ2v) is 3.57. The van der Waals surface area contributed by atoms with Crippen LogP contribution in [0.5, 0.6) is 0 Å². The highest BCUT2D eigenvalue weighted by molar-refractivity contribution is 4.85. The molecule has 0 unspecified atom stereocenters. The van der Waals surface area contributed by atoms with Gasteiger partial charge in [0, 0.05) is 12.0 Å². The monoisotopic (exact) mass is 161 g/mol. The van der Waals surface area contributed by atoms with Crippen molar-refractivity contribution in [3.63, 3.8) is 0 Å². The molecule has 11 heavy (non-hydrogen) atoms. The van der Waals surface area contributed by atoms with E-state index in [2.05, 4.69) is 5.32 Å². The lowest BCUT2D eigenvalue weighted by atomic mass is 9.93. The molecule has 0 aromatic heterocycles. The molecule has 3 N–H and O–H groups in total. The van der Waals surface area contributed by atoms with E-state index in [1.165, 1.54) is 0 Å². The number of hydrogen-bond acceptors (Lipinski definition) is 3. The van der Waals surface area contributed by atoms with Gasteiger partial charge < -0.3 is 15.5 Å². The third-order valence-corrected chi connectivity index (χ3v) is 2.04. The van der Waals surface area contributed by atoms with Gasteiger partial charge in [-0.25, -0.2) is 0 Å². The van der Waals surface area contributed by atoms with E-state index in [1.54, 1.807) is 14.0 Å². The van der Waals surface area contributed by atoms with Gasteiger partial charge in [-0.1, -0.05) is 0 Å². The van der Waals surface area contributed by atoms with Crippen molar-refractivity contribution in [2.45, 2.75) is 44.9 Å². The van der Waals surface area contributed by atoms with Crippen molar-refractivity contribution < 1.29 is 10.2 Å². The van der Waals surface area contributed by atoms with Crippen LogP contribution in [0.15, 0.2) is 0 Å². The van der Waals surface area contributed by atoms with Crippen LogP contribution in [-0.4, -0.2) is 35.0 Å². The van der Waals surface area contributed by atoms with Crippen molar-refractivity contribution >= 4 is 0 Å². The highest BCUT2D eigenvalue weighted by Gasteiger charge is 2.26. The van der Waals surface area contributed by atoms with Crippen LogP contribution in [0.4, 0.5) is 0 Å². The van der Waals surface area contributed by atoms with Crippen molar-refractivity contribution in [1.82, 2.24) is 5.32 Å². The topological polar surface area (TPSA) is 52.5 Å². The fourth-order valence-corrected chi connectivity index (χ4v) is 0.784. The standard InChI is InChI=1S/C8H19NO2/c1-6(10)5-7(11)8(2,3)9-4/h6-7,9-11H,5H2,1-4H3/t6-,7-/m0/s1. The number of nitrogens with one attached hydrogen (secondary N) is 1. The van der Waals surface area contributed by atoms with Crippen molar-refractivity contribution in [2.75, 3.05) is 7.05 Å². The summed E-state index contributed by atoms with van der Waals surface area (Å²) in [6.07, 6.45) is -0.543. The second-order valence-electron chi connectivity index (χ2n) is 3.57. The predicted octanol–water partition coefficient (Wildman–Crippen LogP) is 0.116. The summed E-state index contributed by atoms with van der Waals surface area (Å²) in [4.78, 5) is 0. The Morgan fingerprint density at radius 3 is 2.09 bits per heavy atom. The van der Waals surface area contributed by atoms with Gasteiger partial charge in [-0.15, -0.1) is 0 Å². The summed E-state index contributed by atoms with van der Waals surface area (Å²) >= 11 is 0. The minimum Gasteiger partial charge on any atom is -0.393 e. The first-order valence-electron chi connectivity index (χ1n) is 3.95. The van der Waals surface area contributed by atoms with Crippen molar-refractivity contribution in [3.8, 4) is 0 Å². The number of hydrogen-bond donors (Lipinski definition) is 3. The van der Waals surface area contributed by atoms with Gasteiger partial charge in [-0.05, 0) is 27.8 Å². The Hall–Kier alpha value is -0.120. The molecule has 2 atom stereocenters. The number of likely N-dealkylation sites (N-methyl/N-ethyl adjacent to an activating group) is 1. The molecule has 0 bridgehead atoms. The van der Waals surface area contributed by atoms with Gasteiger partial charge in [0.05, 0.1) is 12.2 Å². The van der Waals surface area contributed by atoms with Crippen molar-refractivity contribution in [2.24, 2.45) is 0 Å². The van der Waals surface area contributed by atoms with Crippen LogP contribution in [0.2, 0.25) is 0 Å². The van der Waals surface area contributed by atoms with E-state index in [1.807, 2.05) is 13.8 Å². The summed E-state index contributed by atoms with van der Waals surface area (Å²) in [5.41, 5.74) is -0.322. The molecule has 0 saturated carbocycles. The fourth-order valence-electron chi connectivity index (χ4n) is 0.784. The molecule has 0 amide bonds. The molecule has 0 heterocycles. The molecule has 0 aromatic rings. The zero-order valence-electron chi connectivity index (χ0n) is 7.76. The highest BCUT2D eigenvalue weighted by Crippen LogP contribution is 2.12. The van der Waals surface area contributed by atoms with Crippen LogP contribution < -0.4 is 5.32 Å². The van der Waals surface area contributed by atoms with E-state index in [-0.39, 0.29) is 5.54 Å². The van der Waals surface area contributed by atoms with E-state index < -0.39 is 12.2 Å². The maximum absolute atomic E-state index is 9.52. The van der Waals surface area contributed by atoms with Gasteiger partial charge in [0.15, 0.2) is 0 Å². The van der Waals surface area contributed by atoms with Crippen LogP contribution in [0.25, 0.3) is 0 Å². The lowest BCUT2D eigenvalue weighted by Crippen LogP contribution is -2.48. The first-order chi connectivity index (χ1) is 4.90. The van der Waals surface area contributed by atoms with E-state index in [4.69, 9.17) is 5.11 Å². The second kappa shape index (κ2) is 4.04. The number of aliphatic hydroxyl groups excluding tert-OH is 2. The Balaban J connectivity index is 3.90. The maximum atomic E-state index is 9.52. The van der Waals surface area contributed by atoms with Gasteiger partial charge in [0.1, 0.15) is 0 Å². The molecule has 0 aromatic carbocycles. The average molecular weight is 161 g/mol. The van der Waals surface area contributed by atoms with E-state index in [9.17, 15) is 5.11 Å². The van der Waals surface area contributed by atoms with E-state index in [0.29, 0.717) is 6.42 Å². The Kier molecular flexibility index (Phi) is 4.00. The number of rotatable bonds is 4. The third kappa shape index (κ3) is 3.70. The minimum absolute atomic E-state index is 0.322. The maximum Gasteiger partial charge on any atom is 0.0740 e. The minimum atomic E-state index is -0.507. The molecule has 3 heteroatoms. The van der Waals surface area contributed by atoms with Gasteiger partial charge in [0.2, 0.25) is 0 Å². The van der Waals surface area contributed by atoms with Crippen LogP contribution >= 0.6 is 0 Å². The zero-order valence-corrected chi connectivity index (χ0v) is 7.76. The third-order valence-electron chi connectivity index (χ3n) is 2.04. The first kappa shape index (κ1) is 10.9. The Morgan fingerprint density at radius 1 is 1.36 bits per heavy atom. The highest BCUT2D eigenvalue weighted by atomic mass is 16.3.